The van der Waals surface area contributed by atoms with Crippen molar-refractivity contribution in [2.24, 2.45) is 21.7 Å². The van der Waals surface area contributed by atoms with Gasteiger partial charge in [0.2, 0.25) is 5.78 Å². The summed E-state index contributed by atoms with van der Waals surface area (Å²) < 4.78 is 15.8. The van der Waals surface area contributed by atoms with E-state index in [9.17, 15) is 28.2 Å². The molecule has 0 rings (SSSR count). The fourth-order valence-corrected chi connectivity index (χ4v) is 2.66. The lowest BCUT2D eigenvalue weighted by molar-refractivity contribution is -0.139. The van der Waals surface area contributed by atoms with E-state index in [1.165, 1.54) is 11.5 Å². The van der Waals surface area contributed by atoms with Gasteiger partial charge in [-0.3, -0.25) is 23.4 Å². The van der Waals surface area contributed by atoms with Gasteiger partial charge in [-0.25, -0.2) is 4.79 Å². The number of allylic oxidation sites excluding steroid dienone is 2. The molecule has 0 saturated heterocycles. The number of hydrogen-bond acceptors (Lipinski definition) is 8. The van der Waals surface area contributed by atoms with E-state index in [1.54, 1.807) is 13.0 Å². The maximum atomic E-state index is 11.3. The predicted octanol–water partition coefficient (Wildman–Crippen LogP) is 8.50. The fourth-order valence-electron chi connectivity index (χ4n) is 2.16. The minimum absolute atomic E-state index is 0.00463. The van der Waals surface area contributed by atoms with Crippen molar-refractivity contribution < 1.29 is 32.9 Å². The van der Waals surface area contributed by atoms with Crippen LogP contribution in [0.25, 0.3) is 0 Å². The van der Waals surface area contributed by atoms with Gasteiger partial charge in [0.15, 0.2) is 11.6 Å². The molecule has 0 heterocycles. The molecule has 0 N–H and O–H groups in total. The maximum Gasteiger partial charge on any atom is 0.330 e. The van der Waals surface area contributed by atoms with Gasteiger partial charge < -0.3 is 9.64 Å². The molecule has 0 aliphatic carbocycles. The Labute approximate surface area is 313 Å². The Morgan fingerprint density at radius 3 is 1.33 bits per heavy atom. The van der Waals surface area contributed by atoms with Crippen molar-refractivity contribution in [3.05, 3.63) is 49.4 Å². The summed E-state index contributed by atoms with van der Waals surface area (Å²) in [6.07, 6.45) is 6.28. The highest BCUT2D eigenvalue weighted by Crippen LogP contribution is 2.17. The van der Waals surface area contributed by atoms with E-state index in [2.05, 4.69) is 42.2 Å². The van der Waals surface area contributed by atoms with Gasteiger partial charge in [-0.2, -0.15) is 0 Å². The molecule has 0 saturated carbocycles. The van der Waals surface area contributed by atoms with Crippen LogP contribution in [0.1, 0.15) is 117 Å². The van der Waals surface area contributed by atoms with Gasteiger partial charge in [0.05, 0.1) is 6.61 Å². The third kappa shape index (κ3) is 34.9. The summed E-state index contributed by atoms with van der Waals surface area (Å²) in [6.45, 7) is 40.9. The first kappa shape index (κ1) is 57.0. The molecule has 9 heteroatoms. The van der Waals surface area contributed by atoms with Crippen LogP contribution in [-0.4, -0.2) is 76.1 Å². The second kappa shape index (κ2) is 25.6. The van der Waals surface area contributed by atoms with Crippen molar-refractivity contribution in [2.75, 3.05) is 27.2 Å². The third-order valence-corrected chi connectivity index (χ3v) is 8.82. The lowest BCUT2D eigenvalue weighted by Gasteiger charge is -2.20. The summed E-state index contributed by atoms with van der Waals surface area (Å²) in [5, 5.41) is 1.44. The first-order valence-corrected chi connectivity index (χ1v) is 18.6. The fraction of sp³-hybridized carbons (Fsp3) is 0.619. The minimum Gasteiger partial charge on any atom is -0.462 e. The van der Waals surface area contributed by atoms with E-state index in [0.717, 1.165) is 12.6 Å². The quantitative estimate of drug-likeness (QED) is 0.0762. The summed E-state index contributed by atoms with van der Waals surface area (Å²) in [5.41, 5.74) is -1.16. The standard InChI is InChI=1S/C10H19NO.C10H16O3.C8H12O.C7H14OS.C7H12O/c1-10(2,3)9(12)7-6-8-11(4)5;1-5-9(12)13-7-6-8(11)10(2,3)4;1-5-6-7(9)8(2,3)4;1-6-9(5,8)7(2,3)4;1-5-6(8)7(2,3)4/h6-7H,8H2,1-5H3;5H,1,6-7H2,2-4H3;1-4H3;6H,1,5H2,2-4H3;5H,1H2,2-4H3/b7-6+;;;;. The number of carbonyl (C=O) groups is 5. The minimum atomic E-state index is -2.07. The second-order valence-electron chi connectivity index (χ2n) is 16.9. The van der Waals surface area contributed by atoms with Gasteiger partial charge in [0.1, 0.15) is 5.78 Å². The molecule has 294 valence electrons. The molecule has 0 spiro atoms. The van der Waals surface area contributed by atoms with Gasteiger partial charge in [-0.05, 0) is 80.7 Å². The Balaban J connectivity index is -0.000000175. The Kier molecular flexibility index (Phi) is 28.6. The Morgan fingerprint density at radius 1 is 0.706 bits per heavy atom. The number of rotatable bonds is 9. The normalized spacial score (nSPS) is 12.5. The lowest BCUT2D eigenvalue weighted by Crippen LogP contribution is -2.24. The van der Waals surface area contributed by atoms with Crippen molar-refractivity contribution in [2.45, 2.75) is 122 Å². The molecule has 0 aliphatic heterocycles. The zero-order valence-corrected chi connectivity index (χ0v) is 36.4. The number of likely N-dealkylation sites (N-methyl/N-ethyl adjacent to an activating group) is 1. The van der Waals surface area contributed by atoms with Crippen molar-refractivity contribution >= 4 is 44.5 Å². The molecule has 0 aromatic carbocycles. The highest BCUT2D eigenvalue weighted by molar-refractivity contribution is 8.04. The summed E-state index contributed by atoms with van der Waals surface area (Å²) in [4.78, 5) is 56.9. The largest absolute Gasteiger partial charge is 0.462 e. The van der Waals surface area contributed by atoms with Crippen LogP contribution in [0.15, 0.2) is 49.4 Å². The molecule has 0 aliphatic rings. The zero-order chi connectivity index (χ0) is 42.2. The van der Waals surface area contributed by atoms with Gasteiger partial charge in [0.25, 0.3) is 0 Å². The van der Waals surface area contributed by atoms with Crippen LogP contribution in [0, 0.1) is 33.5 Å². The summed E-state index contributed by atoms with van der Waals surface area (Å²) in [5.74, 6) is 8.53. The molecule has 0 radical (unpaired) electrons. The van der Waals surface area contributed by atoms with E-state index in [4.69, 9.17) is 0 Å². The zero-order valence-electron chi connectivity index (χ0n) is 35.5. The number of ketones is 4. The maximum absolute atomic E-state index is 11.3. The van der Waals surface area contributed by atoms with Gasteiger partial charge in [0, 0.05) is 45.4 Å². The van der Waals surface area contributed by atoms with E-state index >= 15 is 0 Å². The first-order chi connectivity index (χ1) is 22.5. The van der Waals surface area contributed by atoms with Crippen LogP contribution in [0.2, 0.25) is 0 Å². The number of carbonyl (C=O) groups excluding carboxylic acids is 5. The summed E-state index contributed by atoms with van der Waals surface area (Å²) in [7, 11) is 1.88. The van der Waals surface area contributed by atoms with Crippen molar-refractivity contribution in [1.82, 2.24) is 4.90 Å². The van der Waals surface area contributed by atoms with Gasteiger partial charge in [-0.1, -0.05) is 115 Å². The smallest absolute Gasteiger partial charge is 0.330 e. The van der Waals surface area contributed by atoms with Crippen molar-refractivity contribution in [1.29, 1.82) is 0 Å². The first-order valence-electron chi connectivity index (χ1n) is 16.8. The number of Topliss-reactive ketones (excluding diaryl/α,β-unsaturated/α-hetero) is 2. The lowest BCUT2D eigenvalue weighted by atomic mass is 9.89. The molecular weight excluding hydrogens is 663 g/mol. The van der Waals surface area contributed by atoms with Crippen LogP contribution < -0.4 is 0 Å². The predicted molar refractivity (Wildman–Crippen MR) is 220 cm³/mol. The van der Waals surface area contributed by atoms with E-state index in [1.807, 2.05) is 129 Å². The Morgan fingerprint density at radius 2 is 1.14 bits per heavy atom. The molecule has 8 nitrogen and oxygen atoms in total. The molecule has 1 unspecified atom stereocenters. The van der Waals surface area contributed by atoms with Gasteiger partial charge >= 0.3 is 5.97 Å². The topological polar surface area (TPSA) is 115 Å². The highest BCUT2D eigenvalue weighted by Gasteiger charge is 2.21. The average Bonchev–Trinajstić information content (AvgIpc) is 2.95. The number of esters is 1. The Bertz CT molecular complexity index is 1330. The molecular formula is C42H73NO7S. The van der Waals surface area contributed by atoms with E-state index in [0.29, 0.717) is 0 Å². The van der Waals surface area contributed by atoms with Crippen molar-refractivity contribution in [3.8, 4) is 11.8 Å². The Hall–Kier alpha value is -3.35. The molecule has 0 bridgehead atoms. The summed E-state index contributed by atoms with van der Waals surface area (Å²) >= 11 is 0. The monoisotopic (exact) mass is 736 g/mol. The summed E-state index contributed by atoms with van der Waals surface area (Å²) in [6, 6.07) is 0. The molecule has 51 heavy (non-hydrogen) atoms. The van der Waals surface area contributed by atoms with E-state index in [-0.39, 0.29) is 62.6 Å². The highest BCUT2D eigenvalue weighted by atomic mass is 32.2. The van der Waals surface area contributed by atoms with Crippen LogP contribution in [0.3, 0.4) is 0 Å². The van der Waals surface area contributed by atoms with E-state index < -0.39 is 15.5 Å². The van der Waals surface area contributed by atoms with Gasteiger partial charge in [-0.15, -0.1) is 0 Å². The van der Waals surface area contributed by atoms with Crippen LogP contribution >= 0.6 is 0 Å². The second-order valence-corrected chi connectivity index (χ2v) is 19.9. The van der Waals surface area contributed by atoms with Crippen molar-refractivity contribution in [3.63, 3.8) is 0 Å². The van der Waals surface area contributed by atoms with Crippen LogP contribution in [0.4, 0.5) is 0 Å². The SMILES string of the molecule is C=CC(=O)C(C)(C)C.C=CC(=O)OCCC(=O)C(C)(C)C.C=CS(=C)(=O)C(C)(C)C.CC#CC(=O)C(C)(C)C.CN(C)C/C=C/C(=O)C(C)(C)C. The molecule has 0 aromatic heterocycles. The molecule has 0 fully saturated rings. The molecule has 1 atom stereocenters. The number of hydrogen-bond donors (Lipinski definition) is 0. The van der Waals surface area contributed by atoms with Crippen LogP contribution in [-0.2, 0) is 38.2 Å². The molecule has 0 amide bonds. The average molecular weight is 736 g/mol. The molecule has 0 aromatic rings. The third-order valence-electron chi connectivity index (χ3n) is 6.21. The number of nitrogens with zero attached hydrogens (tertiary/aromatic N) is 1. The van der Waals surface area contributed by atoms with Crippen LogP contribution in [0.5, 0.6) is 0 Å². The number of ether oxygens (including phenoxy) is 1.